The topological polar surface area (TPSA) is 238 Å². The number of hydrogen-bond acceptors (Lipinski definition) is 14. The molecule has 1 heterocycles. The van der Waals surface area contributed by atoms with E-state index in [1.807, 2.05) is 27.7 Å². The summed E-state index contributed by atoms with van der Waals surface area (Å²) in [5, 5.41) is 90.1. The lowest BCUT2D eigenvalue weighted by molar-refractivity contribution is -0.535. The third-order valence-electron chi connectivity index (χ3n) is 10.2. The third kappa shape index (κ3) is 10.8. The molecule has 1 saturated heterocycles. The molecule has 16 heteroatoms. The van der Waals surface area contributed by atoms with E-state index >= 15 is 0 Å². The van der Waals surface area contributed by atoms with Gasteiger partial charge in [-0.1, -0.05) is 64.8 Å². The molecule has 0 bridgehead atoms. The fourth-order valence-corrected chi connectivity index (χ4v) is 6.55. The summed E-state index contributed by atoms with van der Waals surface area (Å²) < 4.78 is 14.1. The van der Waals surface area contributed by atoms with Crippen LogP contribution in [-0.4, -0.2) is 159 Å². The van der Waals surface area contributed by atoms with Crippen molar-refractivity contribution in [1.82, 2.24) is 19.8 Å². The van der Waals surface area contributed by atoms with Crippen molar-refractivity contribution in [3.05, 3.63) is 23.8 Å². The first-order valence-corrected chi connectivity index (χ1v) is 18.2. The summed E-state index contributed by atoms with van der Waals surface area (Å²) in [4.78, 5) is 15.9. The van der Waals surface area contributed by atoms with Crippen LogP contribution in [0.4, 0.5) is 4.39 Å². The van der Waals surface area contributed by atoms with E-state index in [1.165, 1.54) is 32.1 Å². The number of hydrazine groups is 1. The lowest BCUT2D eigenvalue weighted by atomic mass is 9.63. The predicted octanol–water partition coefficient (Wildman–Crippen LogP) is 0.532. The molecule has 0 spiro atoms. The van der Waals surface area contributed by atoms with E-state index in [0.29, 0.717) is 6.04 Å². The van der Waals surface area contributed by atoms with Crippen LogP contribution < -0.4 is 5.73 Å². The number of hydrogen-bond donors (Lipinski definition) is 10. The lowest BCUT2D eigenvalue weighted by Gasteiger charge is -2.59. The minimum absolute atomic E-state index is 0.00918. The fraction of sp³-hybridized carbons (Fsp3) is 0.861. The third-order valence-corrected chi connectivity index (χ3v) is 10.2. The van der Waals surface area contributed by atoms with Gasteiger partial charge in [0, 0.05) is 26.7 Å². The van der Waals surface area contributed by atoms with E-state index in [1.54, 1.807) is 5.57 Å². The summed E-state index contributed by atoms with van der Waals surface area (Å²) in [6, 6.07) is 0.371. The van der Waals surface area contributed by atoms with Crippen LogP contribution in [0, 0.1) is 11.8 Å². The number of nitrogens with two attached hydrogens (primary N) is 1. The van der Waals surface area contributed by atoms with Crippen LogP contribution in [0.1, 0.15) is 101 Å². The Morgan fingerprint density at radius 3 is 1.85 bits per heavy atom. The highest BCUT2D eigenvalue weighted by atomic mass is 19.1. The van der Waals surface area contributed by atoms with Crippen molar-refractivity contribution in [3.63, 3.8) is 0 Å². The van der Waals surface area contributed by atoms with Crippen LogP contribution in [-0.2, 0) is 4.79 Å². The zero-order valence-electron chi connectivity index (χ0n) is 33.7. The number of halogens is 1. The van der Waals surface area contributed by atoms with Gasteiger partial charge in [-0.25, -0.2) is 14.4 Å². The Bertz CT molecular complexity index is 1140. The number of likely N-dealkylation sites (N-methyl/N-ethyl adjacent to an activating group) is 2. The Kier molecular flexibility index (Phi) is 18.7. The smallest absolute Gasteiger partial charge is 0.260 e. The van der Waals surface area contributed by atoms with Gasteiger partial charge in [-0.2, -0.15) is 0 Å². The Labute approximate surface area is 310 Å². The second-order valence-corrected chi connectivity index (χ2v) is 15.2. The zero-order chi connectivity index (χ0) is 41.4. The summed E-state index contributed by atoms with van der Waals surface area (Å²) in [7, 11) is 6.40. The maximum Gasteiger partial charge on any atom is 0.260 e. The van der Waals surface area contributed by atoms with Crippen LogP contribution >= 0.6 is 0 Å². The van der Waals surface area contributed by atoms with Crippen molar-refractivity contribution < 1.29 is 55.1 Å². The molecular weight excluding hydrogens is 681 g/mol. The normalized spacial score (nSPS) is 28.9. The number of primary amides is 1. The highest BCUT2D eigenvalue weighted by Gasteiger charge is 2.85. The van der Waals surface area contributed by atoms with Gasteiger partial charge in [-0.05, 0) is 79.8 Å². The quantitative estimate of drug-likeness (QED) is 0.137. The molecule has 11 N–H and O–H groups in total. The number of nitrogens with zero attached hydrogens (tertiary/aromatic N) is 4. The van der Waals surface area contributed by atoms with Crippen molar-refractivity contribution in [2.24, 2.45) is 17.6 Å². The van der Waals surface area contributed by atoms with Crippen molar-refractivity contribution in [2.75, 3.05) is 34.2 Å². The summed E-state index contributed by atoms with van der Waals surface area (Å²) in [6.07, 6.45) is 13.2. The molecule has 0 aromatic carbocycles. The van der Waals surface area contributed by atoms with Gasteiger partial charge in [0.25, 0.3) is 11.6 Å². The van der Waals surface area contributed by atoms with Gasteiger partial charge in [-0.15, -0.1) is 0 Å². The Morgan fingerprint density at radius 1 is 1.02 bits per heavy atom. The van der Waals surface area contributed by atoms with E-state index in [2.05, 4.69) is 99.5 Å². The van der Waals surface area contributed by atoms with E-state index in [-0.39, 0.29) is 19.3 Å². The standard InChI is InChI=1S/C21H40N4O.C8H14FNO9.C5H12.C2H6/c1-17(16-22(5)15-11-14-19-12-9-8-10-13-19)25-18(2)23(6)24(7)20(25)21(3,4)26;1-4(9)7(16,17)5(12,13)2(3(10)11)6(14,15)8(4,18)19;1-4-5(2)3;1-2/h8-9,12,17-18,20,26H,10-11,13-16H2,1-7H3;2,12-19H,1H3,(H2,10,11);5H,4H2,1-3H3;1-2H3. The zero-order valence-corrected chi connectivity index (χ0v) is 33.7. The van der Waals surface area contributed by atoms with E-state index in [9.17, 15) is 55.1 Å². The summed E-state index contributed by atoms with van der Waals surface area (Å²) >= 11 is 0. The van der Waals surface area contributed by atoms with Gasteiger partial charge in [0.15, 0.2) is 5.92 Å². The molecular formula is C36H72FN5O10. The molecule has 308 valence electrons. The average Bonchev–Trinajstić information content (AvgIpc) is 3.26. The first-order valence-electron chi connectivity index (χ1n) is 18.2. The van der Waals surface area contributed by atoms with Crippen molar-refractivity contribution in [2.45, 2.75) is 154 Å². The number of carbonyl (C=O) groups is 1. The summed E-state index contributed by atoms with van der Waals surface area (Å²) in [5.74, 6) is -21.4. The van der Waals surface area contributed by atoms with Crippen molar-refractivity contribution >= 4 is 5.91 Å². The average molecular weight is 754 g/mol. The van der Waals surface area contributed by atoms with Gasteiger partial charge in [0.05, 0.1) is 11.8 Å². The highest BCUT2D eigenvalue weighted by molar-refractivity contribution is 5.79. The highest BCUT2D eigenvalue weighted by Crippen LogP contribution is 2.54. The number of carbonyl (C=O) groups excluding carboxylic acids is 1. The lowest BCUT2D eigenvalue weighted by Crippen LogP contribution is -2.89. The largest absolute Gasteiger partial charge is 0.387 e. The summed E-state index contributed by atoms with van der Waals surface area (Å²) in [6.45, 7) is 21.1. The van der Waals surface area contributed by atoms with Crippen molar-refractivity contribution in [1.29, 1.82) is 0 Å². The van der Waals surface area contributed by atoms with E-state index in [0.717, 1.165) is 19.0 Å². The molecule has 52 heavy (non-hydrogen) atoms. The van der Waals surface area contributed by atoms with Gasteiger partial charge in [-0.3, -0.25) is 9.69 Å². The number of alkyl halides is 1. The summed E-state index contributed by atoms with van der Waals surface area (Å²) in [5.41, 5.74) is 1.24. The molecule has 3 atom stereocenters. The van der Waals surface area contributed by atoms with Crippen LogP contribution in [0.5, 0.6) is 0 Å². The Hall–Kier alpha value is -1.64. The van der Waals surface area contributed by atoms with Gasteiger partial charge in [0.2, 0.25) is 23.2 Å². The van der Waals surface area contributed by atoms with E-state index in [4.69, 9.17) is 0 Å². The second kappa shape index (κ2) is 19.3. The van der Waals surface area contributed by atoms with Gasteiger partial charge < -0.3 is 56.6 Å². The molecule has 3 unspecified atom stereocenters. The molecule has 3 rings (SSSR count). The molecule has 2 fully saturated rings. The number of amides is 1. The molecule has 1 amide bonds. The SMILES string of the molecule is CC.CC(CN(C)CCCC1=CC=CCC1)N1C(C)N(C)N(C)C1C(C)(C)O.CC1(F)C(O)(O)C(O)(O)C(C(N)=O)C(O)(O)C1(O)O.CCC(C)C. The molecule has 0 radical (unpaired) electrons. The molecule has 1 aliphatic heterocycles. The maximum atomic E-state index is 14.1. The minimum atomic E-state index is -4.36. The monoisotopic (exact) mass is 754 g/mol. The minimum Gasteiger partial charge on any atom is -0.387 e. The fourth-order valence-electron chi connectivity index (χ4n) is 6.55. The molecule has 3 aliphatic rings. The van der Waals surface area contributed by atoms with E-state index < -0.39 is 46.2 Å². The second-order valence-electron chi connectivity index (χ2n) is 15.2. The first-order chi connectivity index (χ1) is 23.5. The van der Waals surface area contributed by atoms with Crippen LogP contribution in [0.2, 0.25) is 0 Å². The molecule has 2 aliphatic carbocycles. The van der Waals surface area contributed by atoms with Crippen LogP contribution in [0.25, 0.3) is 0 Å². The Morgan fingerprint density at radius 2 is 1.48 bits per heavy atom. The number of allylic oxidation sites excluding steroid dienone is 4. The maximum absolute atomic E-state index is 14.1. The molecule has 1 saturated carbocycles. The first kappa shape index (κ1) is 50.4. The molecule has 0 aromatic rings. The Balaban J connectivity index is 0.000000877. The molecule has 0 aromatic heterocycles. The van der Waals surface area contributed by atoms with Gasteiger partial charge in [0.1, 0.15) is 6.17 Å². The van der Waals surface area contributed by atoms with Crippen LogP contribution in [0.15, 0.2) is 23.8 Å². The predicted molar refractivity (Wildman–Crippen MR) is 197 cm³/mol. The number of aliphatic hydroxyl groups is 9. The van der Waals surface area contributed by atoms with Crippen LogP contribution in [0.3, 0.4) is 0 Å². The van der Waals surface area contributed by atoms with Gasteiger partial charge >= 0.3 is 0 Å². The molecule has 15 nitrogen and oxygen atoms in total. The van der Waals surface area contributed by atoms with Crippen molar-refractivity contribution in [3.8, 4) is 0 Å². The number of rotatable bonds is 10.